The molecule has 116 valence electrons. The predicted molar refractivity (Wildman–Crippen MR) is 77.5 cm³/mol. The zero-order valence-electron chi connectivity index (χ0n) is 12.3. The number of hydrogen-bond donors (Lipinski definition) is 1. The molecule has 5 heteroatoms. The molecule has 2 rings (SSSR count). The van der Waals surface area contributed by atoms with E-state index in [1.807, 2.05) is 0 Å². The monoisotopic (exact) mass is 295 g/mol. The van der Waals surface area contributed by atoms with E-state index in [1.54, 1.807) is 17.0 Å². The van der Waals surface area contributed by atoms with Gasteiger partial charge in [0.05, 0.1) is 19.3 Å². The summed E-state index contributed by atoms with van der Waals surface area (Å²) in [6, 6.07) is 5.79. The molecule has 0 aromatic heterocycles. The number of nitrogens with zero attached hydrogens (tertiary/aromatic N) is 1. The molecule has 1 N–H and O–H groups in total. The van der Waals surface area contributed by atoms with Crippen LogP contribution in [0, 0.1) is 11.7 Å². The van der Waals surface area contributed by atoms with Gasteiger partial charge in [0.2, 0.25) is 5.91 Å². The molecular formula is C16H22FNO3. The average molecular weight is 295 g/mol. The van der Waals surface area contributed by atoms with Gasteiger partial charge in [0.25, 0.3) is 0 Å². The molecule has 2 atom stereocenters. The molecule has 0 spiro atoms. The van der Waals surface area contributed by atoms with Gasteiger partial charge in [0.1, 0.15) is 11.6 Å². The molecule has 0 saturated carbocycles. The summed E-state index contributed by atoms with van der Waals surface area (Å²) < 4.78 is 18.2. The average Bonchev–Trinajstić information content (AvgIpc) is 2.86. The molecule has 2 unspecified atom stereocenters. The third kappa shape index (κ3) is 4.17. The first-order chi connectivity index (χ1) is 10.1. The Morgan fingerprint density at radius 2 is 2.14 bits per heavy atom. The lowest BCUT2D eigenvalue weighted by atomic mass is 10.0. The fraction of sp³-hybridized carbons (Fsp3) is 0.562. The number of aliphatic hydroxyl groups excluding tert-OH is 1. The molecule has 1 fully saturated rings. The van der Waals surface area contributed by atoms with E-state index < -0.39 is 0 Å². The second-order valence-electron chi connectivity index (χ2n) is 5.51. The van der Waals surface area contributed by atoms with Gasteiger partial charge in [-0.3, -0.25) is 4.79 Å². The van der Waals surface area contributed by atoms with Crippen molar-refractivity contribution < 1.29 is 19.0 Å². The molecule has 0 bridgehead atoms. The fourth-order valence-electron chi connectivity index (χ4n) is 2.68. The number of ether oxygens (including phenoxy) is 1. The fourth-order valence-corrected chi connectivity index (χ4v) is 2.68. The van der Waals surface area contributed by atoms with Gasteiger partial charge in [-0.1, -0.05) is 6.92 Å². The zero-order valence-corrected chi connectivity index (χ0v) is 12.3. The van der Waals surface area contributed by atoms with Crippen LogP contribution >= 0.6 is 0 Å². The Kier molecular flexibility index (Phi) is 5.56. The van der Waals surface area contributed by atoms with Crippen LogP contribution in [0.2, 0.25) is 0 Å². The van der Waals surface area contributed by atoms with E-state index in [0.717, 1.165) is 13.0 Å². The van der Waals surface area contributed by atoms with Crippen molar-refractivity contribution >= 4 is 5.91 Å². The van der Waals surface area contributed by atoms with Crippen molar-refractivity contribution in [2.75, 3.05) is 19.8 Å². The van der Waals surface area contributed by atoms with Gasteiger partial charge in [-0.05, 0) is 43.0 Å². The molecule has 1 heterocycles. The van der Waals surface area contributed by atoms with Crippen molar-refractivity contribution in [1.29, 1.82) is 0 Å². The maximum Gasteiger partial charge on any atom is 0.223 e. The molecule has 1 aromatic rings. The maximum absolute atomic E-state index is 12.7. The van der Waals surface area contributed by atoms with Crippen LogP contribution in [0.15, 0.2) is 24.3 Å². The topological polar surface area (TPSA) is 49.8 Å². The lowest BCUT2D eigenvalue weighted by molar-refractivity contribution is -0.133. The quantitative estimate of drug-likeness (QED) is 0.819. The second kappa shape index (κ2) is 7.41. The van der Waals surface area contributed by atoms with Crippen LogP contribution in [-0.4, -0.2) is 41.7 Å². The Morgan fingerprint density at radius 3 is 2.81 bits per heavy atom. The summed E-state index contributed by atoms with van der Waals surface area (Å²) in [5.74, 6) is 0.734. The van der Waals surface area contributed by atoms with Crippen molar-refractivity contribution in [3.8, 4) is 5.75 Å². The summed E-state index contributed by atoms with van der Waals surface area (Å²) >= 11 is 0. The third-order valence-electron chi connectivity index (χ3n) is 4.01. The number of halogens is 1. The molecule has 0 radical (unpaired) electrons. The number of carbonyl (C=O) groups excluding carboxylic acids is 1. The highest BCUT2D eigenvalue weighted by Gasteiger charge is 2.33. The van der Waals surface area contributed by atoms with E-state index in [2.05, 4.69) is 6.92 Å². The molecule has 21 heavy (non-hydrogen) atoms. The highest BCUT2D eigenvalue weighted by atomic mass is 19.1. The number of aliphatic hydroxyl groups is 1. The Bertz CT molecular complexity index is 463. The summed E-state index contributed by atoms with van der Waals surface area (Å²) in [5, 5.41) is 9.35. The van der Waals surface area contributed by atoms with Crippen molar-refractivity contribution in [3.63, 3.8) is 0 Å². The number of benzene rings is 1. The molecule has 1 amide bonds. The van der Waals surface area contributed by atoms with Gasteiger partial charge in [0, 0.05) is 13.0 Å². The van der Waals surface area contributed by atoms with Crippen LogP contribution in [0.25, 0.3) is 0 Å². The third-order valence-corrected chi connectivity index (χ3v) is 4.01. The molecule has 0 aliphatic carbocycles. The van der Waals surface area contributed by atoms with Crippen LogP contribution in [-0.2, 0) is 4.79 Å². The first kappa shape index (κ1) is 15.8. The lowest BCUT2D eigenvalue weighted by Gasteiger charge is -2.25. The number of hydrogen-bond acceptors (Lipinski definition) is 3. The van der Waals surface area contributed by atoms with Crippen molar-refractivity contribution in [3.05, 3.63) is 30.1 Å². The van der Waals surface area contributed by atoms with E-state index in [0.29, 0.717) is 31.1 Å². The Labute approximate surface area is 124 Å². The van der Waals surface area contributed by atoms with Gasteiger partial charge < -0.3 is 14.7 Å². The van der Waals surface area contributed by atoms with E-state index >= 15 is 0 Å². The summed E-state index contributed by atoms with van der Waals surface area (Å²) in [6.07, 6.45) is 1.96. The molecule has 1 aliphatic heterocycles. The first-order valence-corrected chi connectivity index (χ1v) is 7.40. The van der Waals surface area contributed by atoms with Gasteiger partial charge in [0.15, 0.2) is 0 Å². The predicted octanol–water partition coefficient (Wildman–Crippen LogP) is 2.21. The van der Waals surface area contributed by atoms with Gasteiger partial charge in [-0.2, -0.15) is 0 Å². The molecule has 4 nitrogen and oxygen atoms in total. The van der Waals surface area contributed by atoms with E-state index in [1.165, 1.54) is 12.1 Å². The van der Waals surface area contributed by atoms with E-state index in [4.69, 9.17) is 4.74 Å². The smallest absolute Gasteiger partial charge is 0.223 e. The minimum Gasteiger partial charge on any atom is -0.494 e. The van der Waals surface area contributed by atoms with Crippen molar-refractivity contribution in [1.82, 2.24) is 4.90 Å². The van der Waals surface area contributed by atoms with Crippen molar-refractivity contribution in [2.45, 2.75) is 32.2 Å². The number of likely N-dealkylation sites (tertiary alicyclic amines) is 1. The maximum atomic E-state index is 12.7. The lowest BCUT2D eigenvalue weighted by Crippen LogP contribution is -2.39. The zero-order chi connectivity index (χ0) is 15.2. The summed E-state index contributed by atoms with van der Waals surface area (Å²) in [6.45, 7) is 3.24. The number of carbonyl (C=O) groups is 1. The largest absolute Gasteiger partial charge is 0.494 e. The molecule has 1 saturated heterocycles. The summed E-state index contributed by atoms with van der Waals surface area (Å²) in [5.41, 5.74) is 0. The minimum absolute atomic E-state index is 0.0268. The Hall–Kier alpha value is -1.62. The van der Waals surface area contributed by atoms with E-state index in [-0.39, 0.29) is 24.4 Å². The molecule has 1 aromatic carbocycles. The number of amides is 1. The molecule has 1 aliphatic rings. The first-order valence-electron chi connectivity index (χ1n) is 7.40. The van der Waals surface area contributed by atoms with Crippen LogP contribution in [0.1, 0.15) is 26.2 Å². The highest BCUT2D eigenvalue weighted by molar-refractivity contribution is 5.76. The Balaban J connectivity index is 1.71. The van der Waals surface area contributed by atoms with Gasteiger partial charge in [-0.25, -0.2) is 4.39 Å². The van der Waals surface area contributed by atoms with Gasteiger partial charge >= 0.3 is 0 Å². The number of rotatable bonds is 6. The molecular weight excluding hydrogens is 273 g/mol. The highest BCUT2D eigenvalue weighted by Crippen LogP contribution is 2.24. The van der Waals surface area contributed by atoms with E-state index in [9.17, 15) is 14.3 Å². The Morgan fingerprint density at radius 1 is 1.43 bits per heavy atom. The summed E-state index contributed by atoms with van der Waals surface area (Å²) in [7, 11) is 0. The SMILES string of the molecule is CC1CCN(C(=O)CCCOc2ccc(F)cc2)C1CO. The van der Waals surface area contributed by atoms with Crippen LogP contribution in [0.3, 0.4) is 0 Å². The van der Waals surface area contributed by atoms with Crippen LogP contribution < -0.4 is 4.74 Å². The summed E-state index contributed by atoms with van der Waals surface area (Å²) in [4.78, 5) is 13.9. The van der Waals surface area contributed by atoms with Crippen LogP contribution in [0.5, 0.6) is 5.75 Å². The van der Waals surface area contributed by atoms with Crippen LogP contribution in [0.4, 0.5) is 4.39 Å². The van der Waals surface area contributed by atoms with Crippen molar-refractivity contribution in [2.24, 2.45) is 5.92 Å². The minimum atomic E-state index is -0.296. The second-order valence-corrected chi connectivity index (χ2v) is 5.51. The van der Waals surface area contributed by atoms with Gasteiger partial charge in [-0.15, -0.1) is 0 Å². The normalized spacial score (nSPS) is 21.6. The standard InChI is InChI=1S/C16H22FNO3/c1-12-8-9-18(15(12)11-19)16(20)3-2-10-21-14-6-4-13(17)5-7-14/h4-7,12,15,19H,2-3,8-11H2,1H3.